The second-order valence-corrected chi connectivity index (χ2v) is 14.8. The molecule has 1 amide bonds. The van der Waals surface area contributed by atoms with Crippen LogP contribution in [0.4, 0.5) is 4.79 Å². The second kappa shape index (κ2) is 12.5. The molecular weight excluding hydrogens is 474 g/mol. The van der Waals surface area contributed by atoms with Gasteiger partial charge in [0, 0.05) is 20.1 Å². The van der Waals surface area contributed by atoms with Crippen LogP contribution in [-0.2, 0) is 23.4 Å². The monoisotopic (exact) mass is 515 g/mol. The molecule has 0 saturated heterocycles. The van der Waals surface area contributed by atoms with Gasteiger partial charge in [-0.15, -0.1) is 0 Å². The van der Waals surface area contributed by atoms with E-state index in [9.17, 15) is 9.59 Å². The Morgan fingerprint density at radius 1 is 0.889 bits per heavy atom. The predicted octanol–water partition coefficient (Wildman–Crippen LogP) is 4.03. The second-order valence-electron chi connectivity index (χ2n) is 10.5. The molecule has 0 aromatic heterocycles. The van der Waals surface area contributed by atoms with Crippen molar-refractivity contribution in [2.24, 2.45) is 0 Å². The number of carbonyl (C=O) groups excluding carboxylic acids is 2. The van der Waals surface area contributed by atoms with Crippen LogP contribution in [0.2, 0.25) is 5.04 Å². The van der Waals surface area contributed by atoms with Crippen LogP contribution in [0, 0.1) is 0 Å². The van der Waals surface area contributed by atoms with Crippen LogP contribution in [0.15, 0.2) is 60.7 Å². The van der Waals surface area contributed by atoms with Crippen molar-refractivity contribution in [2.75, 3.05) is 20.8 Å². The fraction of sp³-hybridized carbons (Fsp3) is 0.500. The Hall–Kier alpha value is -2.68. The molecule has 2 aromatic carbocycles. The highest BCUT2D eigenvalue weighted by Crippen LogP contribution is 2.37. The van der Waals surface area contributed by atoms with Gasteiger partial charge in [-0.25, -0.2) is 9.59 Å². The van der Waals surface area contributed by atoms with Gasteiger partial charge in [0.05, 0.1) is 13.2 Å². The van der Waals surface area contributed by atoms with Gasteiger partial charge >= 0.3 is 12.1 Å². The van der Waals surface area contributed by atoms with Crippen molar-refractivity contribution in [3.63, 3.8) is 0 Å². The number of rotatable bonds is 11. The molecule has 2 rings (SSSR count). The molecule has 0 aliphatic carbocycles. The van der Waals surface area contributed by atoms with Crippen molar-refractivity contribution in [3.05, 3.63) is 60.7 Å². The first-order valence-corrected chi connectivity index (χ1v) is 14.1. The van der Waals surface area contributed by atoms with Gasteiger partial charge in [-0.1, -0.05) is 81.4 Å². The zero-order chi connectivity index (χ0) is 27.0. The van der Waals surface area contributed by atoms with Crippen LogP contribution in [0.5, 0.6) is 0 Å². The summed E-state index contributed by atoms with van der Waals surface area (Å²) >= 11 is 0. The maximum absolute atomic E-state index is 12.9. The normalized spacial score (nSPS) is 14.0. The summed E-state index contributed by atoms with van der Waals surface area (Å²) in [6.07, 6.45) is -0.920. The number of ether oxygens (including phenoxy) is 3. The minimum atomic E-state index is -2.97. The molecule has 0 unspecified atom stereocenters. The third-order valence-corrected chi connectivity index (χ3v) is 11.4. The number of methoxy groups -OCH3 is 2. The Labute approximate surface area is 216 Å². The van der Waals surface area contributed by atoms with Crippen molar-refractivity contribution >= 4 is 30.8 Å². The van der Waals surface area contributed by atoms with E-state index in [2.05, 4.69) is 50.4 Å². The number of hydrogen-bond donors (Lipinski definition) is 1. The van der Waals surface area contributed by atoms with Gasteiger partial charge in [-0.3, -0.25) is 0 Å². The van der Waals surface area contributed by atoms with Gasteiger partial charge in [0.15, 0.2) is 6.04 Å². The lowest BCUT2D eigenvalue weighted by Crippen LogP contribution is -2.69. The summed E-state index contributed by atoms with van der Waals surface area (Å²) in [6, 6.07) is 19.2. The molecular formula is C28H41NO6Si. The van der Waals surface area contributed by atoms with E-state index in [0.717, 1.165) is 10.4 Å². The number of hydrogen-bond acceptors (Lipinski definition) is 6. The van der Waals surface area contributed by atoms with E-state index >= 15 is 0 Å². The van der Waals surface area contributed by atoms with Gasteiger partial charge in [-0.05, 0) is 36.2 Å². The van der Waals surface area contributed by atoms with Crippen LogP contribution >= 0.6 is 0 Å². The van der Waals surface area contributed by atoms with E-state index in [-0.39, 0.29) is 5.04 Å². The molecule has 36 heavy (non-hydrogen) atoms. The van der Waals surface area contributed by atoms with Gasteiger partial charge in [-0.2, -0.15) is 0 Å². The van der Waals surface area contributed by atoms with Crippen LogP contribution in [0.3, 0.4) is 0 Å². The Kier molecular flexibility index (Phi) is 10.3. The summed E-state index contributed by atoms with van der Waals surface area (Å²) in [6.45, 7) is 12.3. The third kappa shape index (κ3) is 7.18. The zero-order valence-corrected chi connectivity index (χ0v) is 23.8. The Balaban J connectivity index is 2.46. The zero-order valence-electron chi connectivity index (χ0n) is 22.8. The van der Waals surface area contributed by atoms with E-state index in [1.54, 1.807) is 27.9 Å². The van der Waals surface area contributed by atoms with Crippen molar-refractivity contribution < 1.29 is 28.2 Å². The molecule has 0 radical (unpaired) electrons. The fourth-order valence-electron chi connectivity index (χ4n) is 4.34. The van der Waals surface area contributed by atoms with Crippen molar-refractivity contribution in [2.45, 2.75) is 70.7 Å². The molecule has 0 spiro atoms. The quantitative estimate of drug-likeness (QED) is 0.359. The predicted molar refractivity (Wildman–Crippen MR) is 144 cm³/mol. The molecule has 2 aromatic rings. The smallest absolute Gasteiger partial charge is 0.408 e. The molecule has 1 N–H and O–H groups in total. The molecule has 8 heteroatoms. The molecule has 0 aliphatic heterocycles. The van der Waals surface area contributed by atoms with Gasteiger partial charge in [0.2, 0.25) is 0 Å². The third-order valence-electron chi connectivity index (χ3n) is 6.25. The summed E-state index contributed by atoms with van der Waals surface area (Å²) < 4.78 is 22.8. The topological polar surface area (TPSA) is 83.1 Å². The summed E-state index contributed by atoms with van der Waals surface area (Å²) in [7, 11) is -0.0830. The highest BCUT2D eigenvalue weighted by Gasteiger charge is 2.52. The maximum atomic E-state index is 12.9. The van der Waals surface area contributed by atoms with E-state index in [4.69, 9.17) is 18.6 Å². The Bertz CT molecular complexity index is 935. The minimum Gasteiger partial charge on any atom is -0.467 e. The number of alkyl carbamates (subject to hydrolysis) is 1. The van der Waals surface area contributed by atoms with Gasteiger partial charge in [0.1, 0.15) is 5.60 Å². The van der Waals surface area contributed by atoms with Crippen LogP contribution < -0.4 is 15.7 Å². The molecule has 2 atom stereocenters. The Morgan fingerprint density at radius 2 is 1.39 bits per heavy atom. The largest absolute Gasteiger partial charge is 0.467 e. The molecule has 0 fully saturated rings. The molecule has 0 saturated carbocycles. The number of amides is 1. The van der Waals surface area contributed by atoms with Crippen LogP contribution in [0.1, 0.15) is 48.0 Å². The number of benzene rings is 2. The average molecular weight is 516 g/mol. The molecule has 0 aliphatic rings. The van der Waals surface area contributed by atoms with Crippen LogP contribution in [0.25, 0.3) is 0 Å². The molecule has 198 valence electrons. The summed E-state index contributed by atoms with van der Waals surface area (Å²) in [5.41, 5.74) is -0.775. The number of nitrogens with one attached hydrogen (secondary N) is 1. The highest BCUT2D eigenvalue weighted by atomic mass is 28.4. The lowest BCUT2D eigenvalue weighted by Gasteiger charge is -2.45. The van der Waals surface area contributed by atoms with Gasteiger partial charge in [0.25, 0.3) is 8.32 Å². The Morgan fingerprint density at radius 3 is 1.81 bits per heavy atom. The van der Waals surface area contributed by atoms with Crippen molar-refractivity contribution in [3.8, 4) is 0 Å². The highest BCUT2D eigenvalue weighted by molar-refractivity contribution is 6.99. The minimum absolute atomic E-state index is 0.298. The van der Waals surface area contributed by atoms with Crippen LogP contribution in [-0.4, -0.2) is 59.0 Å². The van der Waals surface area contributed by atoms with E-state index < -0.39 is 38.1 Å². The first kappa shape index (κ1) is 29.5. The molecule has 0 heterocycles. The summed E-state index contributed by atoms with van der Waals surface area (Å²) in [5.74, 6) is -0.605. The standard InChI is InChI=1S/C28H41NO6Si/c1-21(24(25(30)33-8)29-26(31)34-28(5,6)19-20-32-7)35-36(27(2,3)4,22-15-11-9-12-16-22)23-17-13-10-14-18-23/h9-18,21,24H,19-20H2,1-8H3,(H,29,31)/t21-,24+/m1/s1. The summed E-state index contributed by atoms with van der Waals surface area (Å²) in [5, 5.41) is 4.54. The van der Waals surface area contributed by atoms with Crippen molar-refractivity contribution in [1.82, 2.24) is 5.32 Å². The fourth-order valence-corrected chi connectivity index (χ4v) is 9.05. The number of esters is 1. The van der Waals surface area contributed by atoms with E-state index in [1.807, 2.05) is 36.4 Å². The van der Waals surface area contributed by atoms with Gasteiger partial charge < -0.3 is 24.0 Å². The lowest BCUT2D eigenvalue weighted by atomic mass is 10.1. The first-order chi connectivity index (χ1) is 16.9. The molecule has 7 nitrogen and oxygen atoms in total. The van der Waals surface area contributed by atoms with E-state index in [1.165, 1.54) is 7.11 Å². The lowest BCUT2D eigenvalue weighted by molar-refractivity contribution is -0.145. The van der Waals surface area contributed by atoms with E-state index in [0.29, 0.717) is 13.0 Å². The SMILES string of the molecule is COCCC(C)(C)OC(=O)N[C@H](C(=O)OC)[C@@H](C)O[Si](c1ccccc1)(c1ccccc1)C(C)(C)C. The summed E-state index contributed by atoms with van der Waals surface area (Å²) in [4.78, 5) is 25.7. The number of carbonyl (C=O) groups is 2. The molecule has 0 bridgehead atoms. The average Bonchev–Trinajstić information content (AvgIpc) is 2.84. The first-order valence-electron chi connectivity index (χ1n) is 12.2. The van der Waals surface area contributed by atoms with Crippen molar-refractivity contribution in [1.29, 1.82) is 0 Å². The maximum Gasteiger partial charge on any atom is 0.408 e.